The third-order valence-electron chi connectivity index (χ3n) is 6.30. The molecule has 3 saturated heterocycles. The van der Waals surface area contributed by atoms with Crippen LogP contribution in [0.5, 0.6) is 5.88 Å². The van der Waals surface area contributed by atoms with Crippen LogP contribution < -0.4 is 15.0 Å². The molecule has 0 radical (unpaired) electrons. The van der Waals surface area contributed by atoms with Gasteiger partial charge in [0.15, 0.2) is 5.13 Å². The second-order valence-electron chi connectivity index (χ2n) is 8.31. The molecule has 2 aromatic rings. The monoisotopic (exact) mass is 451 g/mol. The summed E-state index contributed by atoms with van der Waals surface area (Å²) in [5.41, 5.74) is 0.906. The van der Waals surface area contributed by atoms with Gasteiger partial charge in [0.25, 0.3) is 0 Å². The van der Waals surface area contributed by atoms with Crippen LogP contribution in [0.1, 0.15) is 19.3 Å². The van der Waals surface area contributed by atoms with Crippen LogP contribution in [0.4, 0.5) is 20.0 Å². The molecule has 5 heterocycles. The highest BCUT2D eigenvalue weighted by atomic mass is 32.1. The third kappa shape index (κ3) is 3.90. The molecule has 5 rings (SSSR count). The highest BCUT2D eigenvalue weighted by Gasteiger charge is 2.41. The number of thiazole rings is 1. The number of morpholine rings is 1. The van der Waals surface area contributed by atoms with E-state index < -0.39 is 5.95 Å². The summed E-state index contributed by atoms with van der Waals surface area (Å²) in [6.07, 6.45) is 3.07. The van der Waals surface area contributed by atoms with E-state index in [1.807, 2.05) is 9.80 Å². The number of halogens is 1. The molecule has 1 unspecified atom stereocenters. The van der Waals surface area contributed by atoms with Crippen molar-refractivity contribution < 1.29 is 23.4 Å². The fraction of sp³-hybridized carbons (Fsp3) is 0.650. The number of nitrogens with one attached hydrogen (secondary N) is 1. The number of methoxy groups -OCH3 is 1. The van der Waals surface area contributed by atoms with E-state index in [0.717, 1.165) is 25.9 Å². The molecular weight excluding hydrogens is 425 g/mol. The molecule has 1 atom stereocenters. The Kier molecular flexibility index (Phi) is 5.57. The Bertz CT molecular complexity index is 974. The first-order valence-corrected chi connectivity index (χ1v) is 11.4. The number of likely N-dealkylation sites (tertiary alicyclic amines) is 1. The average Bonchev–Trinajstić information content (AvgIpc) is 3.39. The van der Waals surface area contributed by atoms with Crippen LogP contribution in [0.3, 0.4) is 0 Å². The number of hydrogen-bond acceptors (Lipinski definition) is 8. The quantitative estimate of drug-likeness (QED) is 0.718. The lowest BCUT2D eigenvalue weighted by atomic mass is 9.82. The normalized spacial score (nSPS) is 24.2. The molecule has 31 heavy (non-hydrogen) atoms. The number of rotatable bonds is 3. The summed E-state index contributed by atoms with van der Waals surface area (Å²) < 4.78 is 31.8. The van der Waals surface area contributed by atoms with Gasteiger partial charge in [-0.1, -0.05) is 11.3 Å². The summed E-state index contributed by atoms with van der Waals surface area (Å²) in [5, 5.41) is 3.30. The predicted octanol–water partition coefficient (Wildman–Crippen LogP) is 2.71. The Balaban J connectivity index is 1.39. The van der Waals surface area contributed by atoms with Gasteiger partial charge in [-0.2, -0.15) is 9.37 Å². The van der Waals surface area contributed by atoms with Gasteiger partial charge in [-0.25, -0.2) is 9.78 Å². The predicted molar refractivity (Wildman–Crippen MR) is 115 cm³/mol. The van der Waals surface area contributed by atoms with E-state index in [0.29, 0.717) is 67.0 Å². The number of pyridine rings is 1. The fourth-order valence-electron chi connectivity index (χ4n) is 4.68. The second-order valence-corrected chi connectivity index (χ2v) is 9.31. The van der Waals surface area contributed by atoms with Gasteiger partial charge in [0.2, 0.25) is 11.8 Å². The van der Waals surface area contributed by atoms with Crippen molar-refractivity contribution in [3.8, 4) is 5.88 Å². The van der Waals surface area contributed by atoms with Crippen molar-refractivity contribution in [2.75, 3.05) is 69.9 Å². The summed E-state index contributed by atoms with van der Waals surface area (Å²) in [6, 6.07) is -0.193. The molecule has 3 fully saturated rings. The van der Waals surface area contributed by atoms with Crippen LogP contribution in [0, 0.1) is 11.4 Å². The summed E-state index contributed by atoms with van der Waals surface area (Å²) >= 11 is 1.24. The number of hydrogen-bond donors (Lipinski definition) is 1. The molecule has 3 aliphatic rings. The molecule has 0 aromatic carbocycles. The number of anilines is 2. The molecular formula is C20H26FN5O4S. The van der Waals surface area contributed by atoms with E-state index in [1.54, 1.807) is 0 Å². The van der Waals surface area contributed by atoms with E-state index in [9.17, 15) is 9.18 Å². The number of aromatic nitrogens is 2. The van der Waals surface area contributed by atoms with E-state index in [4.69, 9.17) is 14.2 Å². The highest BCUT2D eigenvalue weighted by Crippen LogP contribution is 2.41. The maximum atomic E-state index is 14.9. The summed E-state index contributed by atoms with van der Waals surface area (Å²) in [4.78, 5) is 25.1. The zero-order chi connectivity index (χ0) is 21.4. The summed E-state index contributed by atoms with van der Waals surface area (Å²) in [6.45, 7) is 5.07. The first-order valence-electron chi connectivity index (χ1n) is 10.6. The molecule has 0 aliphatic carbocycles. The Morgan fingerprint density at radius 2 is 2.03 bits per heavy atom. The van der Waals surface area contributed by atoms with Crippen molar-refractivity contribution in [3.63, 3.8) is 0 Å². The number of amides is 2. The van der Waals surface area contributed by atoms with Crippen LogP contribution in [-0.2, 0) is 9.47 Å². The molecule has 2 amide bonds. The topological polar surface area (TPSA) is 89.1 Å². The molecule has 1 N–H and O–H groups in total. The van der Waals surface area contributed by atoms with Crippen molar-refractivity contribution in [2.24, 2.45) is 5.41 Å². The van der Waals surface area contributed by atoms with Crippen LogP contribution in [0.2, 0.25) is 0 Å². The molecule has 11 heteroatoms. The van der Waals surface area contributed by atoms with E-state index in [2.05, 4.69) is 15.3 Å². The first kappa shape index (κ1) is 20.7. The fourth-order valence-corrected chi connectivity index (χ4v) is 5.69. The SMILES string of the molecule is COc1nc(F)c(N2CCOCC2)c2sc(NC(=O)N3CCC4(CCCOC4)C3)nc12. The Hall–Kier alpha value is -2.24. The van der Waals surface area contributed by atoms with Crippen molar-refractivity contribution in [3.05, 3.63) is 5.95 Å². The van der Waals surface area contributed by atoms with Gasteiger partial charge < -0.3 is 24.0 Å². The molecule has 3 aliphatic heterocycles. The number of carbonyl (C=O) groups is 1. The van der Waals surface area contributed by atoms with Crippen molar-refractivity contribution in [2.45, 2.75) is 19.3 Å². The molecule has 9 nitrogen and oxygen atoms in total. The minimum atomic E-state index is -0.605. The minimum Gasteiger partial charge on any atom is -0.479 e. The van der Waals surface area contributed by atoms with Gasteiger partial charge in [0, 0.05) is 38.2 Å². The van der Waals surface area contributed by atoms with Gasteiger partial charge in [-0.05, 0) is 19.3 Å². The van der Waals surface area contributed by atoms with Gasteiger partial charge in [-0.3, -0.25) is 5.32 Å². The third-order valence-corrected chi connectivity index (χ3v) is 7.28. The lowest BCUT2D eigenvalue weighted by Gasteiger charge is -2.32. The maximum absolute atomic E-state index is 14.9. The zero-order valence-corrected chi connectivity index (χ0v) is 18.3. The number of urea groups is 1. The summed E-state index contributed by atoms with van der Waals surface area (Å²) in [5.74, 6) is -0.493. The van der Waals surface area contributed by atoms with Gasteiger partial charge >= 0.3 is 6.03 Å². The van der Waals surface area contributed by atoms with Crippen LogP contribution in [0.15, 0.2) is 0 Å². The second kappa shape index (κ2) is 8.36. The molecule has 2 aromatic heterocycles. The van der Waals surface area contributed by atoms with Gasteiger partial charge in [-0.15, -0.1) is 0 Å². The van der Waals surface area contributed by atoms with E-state index in [-0.39, 0.29) is 17.3 Å². The lowest BCUT2D eigenvalue weighted by Crippen LogP contribution is -2.38. The van der Waals surface area contributed by atoms with Gasteiger partial charge in [0.05, 0.1) is 31.6 Å². The molecule has 168 valence electrons. The van der Waals surface area contributed by atoms with Crippen LogP contribution in [-0.4, -0.2) is 80.6 Å². The number of ether oxygens (including phenoxy) is 3. The van der Waals surface area contributed by atoms with Gasteiger partial charge in [0.1, 0.15) is 11.2 Å². The highest BCUT2D eigenvalue weighted by molar-refractivity contribution is 7.23. The molecule has 0 bridgehead atoms. The summed E-state index contributed by atoms with van der Waals surface area (Å²) in [7, 11) is 1.43. The van der Waals surface area contributed by atoms with E-state index in [1.165, 1.54) is 18.4 Å². The van der Waals surface area contributed by atoms with Crippen molar-refractivity contribution in [1.29, 1.82) is 0 Å². The number of fused-ring (bicyclic) bond motifs is 1. The van der Waals surface area contributed by atoms with Crippen molar-refractivity contribution >= 4 is 38.4 Å². The molecule has 1 spiro atoms. The Labute approximate surface area is 183 Å². The number of nitrogens with zero attached hydrogens (tertiary/aromatic N) is 4. The first-order chi connectivity index (χ1) is 15.1. The van der Waals surface area contributed by atoms with Crippen LogP contribution in [0.25, 0.3) is 10.2 Å². The smallest absolute Gasteiger partial charge is 0.323 e. The largest absolute Gasteiger partial charge is 0.479 e. The lowest BCUT2D eigenvalue weighted by molar-refractivity contribution is -0.000213. The zero-order valence-electron chi connectivity index (χ0n) is 17.5. The Morgan fingerprint density at radius 3 is 2.77 bits per heavy atom. The Morgan fingerprint density at radius 1 is 1.19 bits per heavy atom. The maximum Gasteiger partial charge on any atom is 0.323 e. The standard InChI is InChI=1S/C20H26FN5O4S/c1-28-17-13-15(14(16(21)23-17)25-6-9-29-10-7-25)31-18(22-13)24-19(27)26-5-4-20(11-26)3-2-8-30-12-20/h2-12H2,1H3,(H,22,24,27). The molecule has 0 saturated carbocycles. The average molecular weight is 452 g/mol. The van der Waals surface area contributed by atoms with E-state index >= 15 is 0 Å². The van der Waals surface area contributed by atoms with Crippen molar-refractivity contribution in [1.82, 2.24) is 14.9 Å². The number of carbonyl (C=O) groups excluding carboxylic acids is 1. The van der Waals surface area contributed by atoms with Crippen LogP contribution >= 0.6 is 11.3 Å². The minimum absolute atomic E-state index is 0.0724.